The molecule has 1 saturated carbocycles. The number of carbonyl (C=O) groups is 2. The molecular weight excluding hydrogens is 314 g/mol. The molecule has 4 nitrogen and oxygen atoms in total. The second-order valence-electron chi connectivity index (χ2n) is 7.54. The molecule has 2 atom stereocenters. The largest absolute Gasteiger partial charge is 0.481 e. The summed E-state index contributed by atoms with van der Waals surface area (Å²) in [5.41, 5.74) is 5.09. The number of carbonyl (C=O) groups excluding carboxylic acids is 1. The number of amides is 1. The van der Waals surface area contributed by atoms with Gasteiger partial charge in [-0.2, -0.15) is 0 Å². The van der Waals surface area contributed by atoms with Gasteiger partial charge in [0.25, 0.3) is 0 Å². The second kappa shape index (κ2) is 7.42. The molecular formula is C21H27NO3. The van der Waals surface area contributed by atoms with Crippen LogP contribution in [0, 0.1) is 25.7 Å². The van der Waals surface area contributed by atoms with Crippen LogP contribution in [-0.2, 0) is 9.59 Å². The van der Waals surface area contributed by atoms with E-state index in [1.807, 2.05) is 4.90 Å². The van der Waals surface area contributed by atoms with Crippen LogP contribution in [0.2, 0.25) is 0 Å². The normalized spacial score (nSPS) is 23.9. The Morgan fingerprint density at radius 3 is 2.36 bits per heavy atom. The minimum Gasteiger partial charge on any atom is -0.481 e. The molecule has 25 heavy (non-hydrogen) atoms. The number of nitrogens with zero attached hydrogens (tertiary/aromatic N) is 1. The Morgan fingerprint density at radius 1 is 1.08 bits per heavy atom. The second-order valence-corrected chi connectivity index (χ2v) is 7.54. The first-order chi connectivity index (χ1) is 11.9. The average Bonchev–Trinajstić information content (AvgIpc) is 2.60. The van der Waals surface area contributed by atoms with E-state index in [1.165, 1.54) is 22.3 Å². The molecule has 4 heteroatoms. The predicted molar refractivity (Wildman–Crippen MR) is 98.2 cm³/mol. The number of hydrogen-bond donors (Lipinski definition) is 1. The molecule has 3 rings (SSSR count). The van der Waals surface area contributed by atoms with E-state index in [0.29, 0.717) is 19.4 Å². The fourth-order valence-electron chi connectivity index (χ4n) is 4.19. The lowest BCUT2D eigenvalue weighted by atomic mass is 9.80. The van der Waals surface area contributed by atoms with Gasteiger partial charge in [0, 0.05) is 19.0 Å². The summed E-state index contributed by atoms with van der Waals surface area (Å²) in [5.74, 6) is -1.09. The summed E-state index contributed by atoms with van der Waals surface area (Å²) in [5, 5.41) is 9.22. The minimum atomic E-state index is -0.756. The molecule has 0 saturated heterocycles. The quantitative estimate of drug-likeness (QED) is 0.909. The molecule has 1 aliphatic heterocycles. The number of carboxylic acids is 1. The van der Waals surface area contributed by atoms with Crippen LogP contribution in [0.25, 0.3) is 5.57 Å². The van der Waals surface area contributed by atoms with Gasteiger partial charge < -0.3 is 10.0 Å². The number of benzene rings is 1. The highest BCUT2D eigenvalue weighted by atomic mass is 16.4. The molecule has 1 aromatic carbocycles. The Bertz CT molecular complexity index is 687. The van der Waals surface area contributed by atoms with Gasteiger partial charge in [-0.25, -0.2) is 0 Å². The van der Waals surface area contributed by atoms with Crippen molar-refractivity contribution in [3.05, 3.63) is 41.0 Å². The van der Waals surface area contributed by atoms with Gasteiger partial charge in [0.2, 0.25) is 5.91 Å². The summed E-state index contributed by atoms with van der Waals surface area (Å²) in [6.45, 7) is 5.58. The lowest BCUT2D eigenvalue weighted by Gasteiger charge is -2.33. The maximum absolute atomic E-state index is 12.8. The van der Waals surface area contributed by atoms with Crippen LogP contribution in [0.5, 0.6) is 0 Å². The third kappa shape index (κ3) is 4.12. The Labute approximate surface area is 149 Å². The average molecular weight is 341 g/mol. The lowest BCUT2D eigenvalue weighted by Crippen LogP contribution is -2.41. The highest BCUT2D eigenvalue weighted by molar-refractivity contribution is 5.81. The number of aliphatic carboxylic acids is 1. The number of carboxylic acid groups (broad SMARTS) is 1. The molecule has 2 aliphatic rings. The van der Waals surface area contributed by atoms with Gasteiger partial charge in [-0.05, 0) is 50.7 Å². The number of rotatable bonds is 3. The topological polar surface area (TPSA) is 57.6 Å². The Balaban J connectivity index is 1.65. The zero-order valence-corrected chi connectivity index (χ0v) is 15.1. The van der Waals surface area contributed by atoms with Crippen molar-refractivity contribution in [2.75, 3.05) is 13.1 Å². The first kappa shape index (κ1) is 17.7. The van der Waals surface area contributed by atoms with E-state index >= 15 is 0 Å². The molecule has 1 aliphatic carbocycles. The van der Waals surface area contributed by atoms with Crippen molar-refractivity contribution in [3.8, 4) is 0 Å². The molecule has 0 radical (unpaired) electrons. The maximum atomic E-state index is 12.8. The van der Waals surface area contributed by atoms with E-state index < -0.39 is 5.97 Å². The maximum Gasteiger partial charge on any atom is 0.306 e. The summed E-state index contributed by atoms with van der Waals surface area (Å²) >= 11 is 0. The first-order valence-electron chi connectivity index (χ1n) is 9.23. The van der Waals surface area contributed by atoms with Crippen LogP contribution in [0.3, 0.4) is 0 Å². The third-order valence-electron chi connectivity index (χ3n) is 5.49. The van der Waals surface area contributed by atoms with Crippen molar-refractivity contribution in [3.63, 3.8) is 0 Å². The number of hydrogen-bond acceptors (Lipinski definition) is 2. The molecule has 0 aromatic heterocycles. The van der Waals surface area contributed by atoms with Gasteiger partial charge in [-0.3, -0.25) is 9.59 Å². The molecule has 1 aromatic rings. The third-order valence-corrected chi connectivity index (χ3v) is 5.49. The molecule has 1 heterocycles. The van der Waals surface area contributed by atoms with E-state index in [-0.39, 0.29) is 17.7 Å². The van der Waals surface area contributed by atoms with E-state index in [0.717, 1.165) is 25.8 Å². The van der Waals surface area contributed by atoms with E-state index in [9.17, 15) is 14.7 Å². The fraction of sp³-hybridized carbons (Fsp3) is 0.524. The molecule has 0 bridgehead atoms. The molecule has 1 amide bonds. The molecule has 134 valence electrons. The monoisotopic (exact) mass is 341 g/mol. The van der Waals surface area contributed by atoms with Gasteiger partial charge in [-0.15, -0.1) is 0 Å². The van der Waals surface area contributed by atoms with Crippen LogP contribution < -0.4 is 0 Å². The van der Waals surface area contributed by atoms with Gasteiger partial charge in [0.15, 0.2) is 0 Å². The minimum absolute atomic E-state index is 0.119. The molecule has 1 fully saturated rings. The zero-order valence-electron chi connectivity index (χ0n) is 15.1. The smallest absolute Gasteiger partial charge is 0.306 e. The van der Waals surface area contributed by atoms with Crippen molar-refractivity contribution in [2.45, 2.75) is 46.0 Å². The van der Waals surface area contributed by atoms with Gasteiger partial charge >= 0.3 is 5.97 Å². The summed E-state index contributed by atoms with van der Waals surface area (Å²) in [6.07, 6.45) is 5.89. The molecule has 2 unspecified atom stereocenters. The van der Waals surface area contributed by atoms with Gasteiger partial charge in [0.1, 0.15) is 0 Å². The van der Waals surface area contributed by atoms with Crippen molar-refractivity contribution in [1.82, 2.24) is 4.90 Å². The van der Waals surface area contributed by atoms with Gasteiger partial charge in [0.05, 0.1) is 5.92 Å². The Hall–Kier alpha value is -2.10. The van der Waals surface area contributed by atoms with Crippen molar-refractivity contribution < 1.29 is 14.7 Å². The van der Waals surface area contributed by atoms with Crippen LogP contribution in [0.15, 0.2) is 24.3 Å². The van der Waals surface area contributed by atoms with Crippen LogP contribution in [0.1, 0.15) is 48.8 Å². The molecule has 1 N–H and O–H groups in total. The van der Waals surface area contributed by atoms with Gasteiger partial charge in [-0.1, -0.05) is 41.8 Å². The highest BCUT2D eigenvalue weighted by Gasteiger charge is 2.33. The number of aryl methyl sites for hydroxylation is 2. The zero-order chi connectivity index (χ0) is 18.0. The standard InChI is InChI=1S/C21H27NO3/c1-14-10-15(2)12-19(11-14)16-6-8-22(9-7-16)20(23)17-4-3-5-18(13-17)21(24)25/h6,10-12,17-18H,3-5,7-9,13H2,1-2H3,(H,24,25). The van der Waals surface area contributed by atoms with Crippen LogP contribution in [0.4, 0.5) is 0 Å². The van der Waals surface area contributed by atoms with E-state index in [2.05, 4.69) is 38.1 Å². The van der Waals surface area contributed by atoms with E-state index in [4.69, 9.17) is 0 Å². The summed E-state index contributed by atoms with van der Waals surface area (Å²) in [4.78, 5) is 25.9. The summed E-state index contributed by atoms with van der Waals surface area (Å²) < 4.78 is 0. The Kier molecular flexibility index (Phi) is 5.26. The van der Waals surface area contributed by atoms with Crippen molar-refractivity contribution >= 4 is 17.4 Å². The summed E-state index contributed by atoms with van der Waals surface area (Å²) in [6, 6.07) is 6.58. The predicted octanol–water partition coefficient (Wildman–Crippen LogP) is 3.81. The van der Waals surface area contributed by atoms with Crippen molar-refractivity contribution in [1.29, 1.82) is 0 Å². The van der Waals surface area contributed by atoms with E-state index in [1.54, 1.807) is 0 Å². The lowest BCUT2D eigenvalue weighted by molar-refractivity contribution is -0.145. The first-order valence-corrected chi connectivity index (χ1v) is 9.23. The van der Waals surface area contributed by atoms with Crippen molar-refractivity contribution in [2.24, 2.45) is 11.8 Å². The SMILES string of the molecule is Cc1cc(C)cc(C2=CCN(C(=O)C3CCCC(C(=O)O)C3)CC2)c1. The highest BCUT2D eigenvalue weighted by Crippen LogP contribution is 2.32. The Morgan fingerprint density at radius 2 is 1.76 bits per heavy atom. The van der Waals surface area contributed by atoms with Crippen LogP contribution in [-0.4, -0.2) is 35.0 Å². The van der Waals surface area contributed by atoms with Crippen LogP contribution >= 0.6 is 0 Å². The molecule has 0 spiro atoms. The fourth-order valence-corrected chi connectivity index (χ4v) is 4.19. The summed E-state index contributed by atoms with van der Waals surface area (Å²) in [7, 11) is 0.